The number of hydrogen-bond donors (Lipinski definition) is 2. The van der Waals surface area contributed by atoms with Gasteiger partial charge in [-0.2, -0.15) is 0 Å². The summed E-state index contributed by atoms with van der Waals surface area (Å²) in [6, 6.07) is 16.3. The number of amides is 1. The van der Waals surface area contributed by atoms with Gasteiger partial charge in [0, 0.05) is 30.2 Å². The SMILES string of the molecule is O=C(O)/C=C/c1ccc(NC(=O)CCc2nnc(-c3ccccc3)o2)cc1. The maximum atomic E-state index is 12.1. The number of aromatic nitrogens is 2. The summed E-state index contributed by atoms with van der Waals surface area (Å²) in [7, 11) is 0. The van der Waals surface area contributed by atoms with E-state index in [4.69, 9.17) is 9.52 Å². The van der Waals surface area contributed by atoms with E-state index in [-0.39, 0.29) is 12.3 Å². The van der Waals surface area contributed by atoms with Crippen LogP contribution in [0.25, 0.3) is 17.5 Å². The van der Waals surface area contributed by atoms with Gasteiger partial charge in [0.1, 0.15) is 0 Å². The predicted molar refractivity (Wildman–Crippen MR) is 99.8 cm³/mol. The Kier molecular flexibility index (Phi) is 5.73. The molecule has 2 N–H and O–H groups in total. The lowest BCUT2D eigenvalue weighted by Crippen LogP contribution is -2.12. The van der Waals surface area contributed by atoms with Gasteiger partial charge >= 0.3 is 5.97 Å². The van der Waals surface area contributed by atoms with Gasteiger partial charge in [0.25, 0.3) is 0 Å². The molecule has 27 heavy (non-hydrogen) atoms. The smallest absolute Gasteiger partial charge is 0.328 e. The molecule has 7 nitrogen and oxygen atoms in total. The highest BCUT2D eigenvalue weighted by Crippen LogP contribution is 2.18. The summed E-state index contributed by atoms with van der Waals surface area (Å²) in [5.74, 6) is -0.360. The van der Waals surface area contributed by atoms with E-state index < -0.39 is 5.97 Å². The molecule has 3 aromatic rings. The fraction of sp³-hybridized carbons (Fsp3) is 0.100. The first-order valence-corrected chi connectivity index (χ1v) is 8.29. The number of carboxylic acids is 1. The van der Waals surface area contributed by atoms with Crippen LogP contribution in [0.5, 0.6) is 0 Å². The van der Waals surface area contributed by atoms with Crippen molar-refractivity contribution in [3.8, 4) is 11.5 Å². The topological polar surface area (TPSA) is 105 Å². The lowest BCUT2D eigenvalue weighted by molar-refractivity contribution is -0.131. The number of aryl methyl sites for hydroxylation is 1. The molecule has 1 heterocycles. The molecule has 1 amide bonds. The summed E-state index contributed by atoms with van der Waals surface area (Å²) >= 11 is 0. The molecular formula is C20H17N3O4. The van der Waals surface area contributed by atoms with Gasteiger partial charge in [-0.05, 0) is 35.9 Å². The molecule has 3 rings (SSSR count). The van der Waals surface area contributed by atoms with Gasteiger partial charge in [-0.25, -0.2) is 4.79 Å². The average Bonchev–Trinajstić information content (AvgIpc) is 3.16. The molecule has 2 aromatic carbocycles. The van der Waals surface area contributed by atoms with Crippen LogP contribution in [-0.4, -0.2) is 27.2 Å². The Hall–Kier alpha value is -3.74. The zero-order valence-electron chi connectivity index (χ0n) is 14.3. The molecule has 0 aliphatic heterocycles. The third-order valence-corrected chi connectivity index (χ3v) is 3.67. The van der Waals surface area contributed by atoms with Gasteiger partial charge in [0.05, 0.1) is 0 Å². The third kappa shape index (κ3) is 5.37. The Labute approximate surface area is 155 Å². The van der Waals surface area contributed by atoms with E-state index in [0.717, 1.165) is 17.2 Å². The molecule has 1 aromatic heterocycles. The lowest BCUT2D eigenvalue weighted by atomic mass is 10.2. The maximum Gasteiger partial charge on any atom is 0.328 e. The van der Waals surface area contributed by atoms with E-state index >= 15 is 0 Å². The average molecular weight is 363 g/mol. The van der Waals surface area contributed by atoms with Crippen molar-refractivity contribution in [2.45, 2.75) is 12.8 Å². The zero-order valence-corrected chi connectivity index (χ0v) is 14.3. The van der Waals surface area contributed by atoms with E-state index in [9.17, 15) is 9.59 Å². The van der Waals surface area contributed by atoms with E-state index in [1.54, 1.807) is 24.3 Å². The Balaban J connectivity index is 1.51. The first kappa shape index (κ1) is 18.1. The Morgan fingerprint density at radius 2 is 1.78 bits per heavy atom. The molecule has 0 saturated carbocycles. The number of carbonyl (C=O) groups is 2. The van der Waals surface area contributed by atoms with Crippen LogP contribution in [0.15, 0.2) is 65.1 Å². The van der Waals surface area contributed by atoms with Crippen LogP contribution < -0.4 is 5.32 Å². The molecule has 7 heteroatoms. The van der Waals surface area contributed by atoms with Crippen molar-refractivity contribution in [3.63, 3.8) is 0 Å². The summed E-state index contributed by atoms with van der Waals surface area (Å²) in [4.78, 5) is 22.6. The molecule has 0 unspecified atom stereocenters. The quantitative estimate of drug-likeness (QED) is 0.623. The normalized spacial score (nSPS) is 10.8. The number of hydrogen-bond acceptors (Lipinski definition) is 5. The molecule has 0 bridgehead atoms. The van der Waals surface area contributed by atoms with Gasteiger partial charge < -0.3 is 14.8 Å². The number of anilines is 1. The van der Waals surface area contributed by atoms with Crippen LogP contribution >= 0.6 is 0 Å². The van der Waals surface area contributed by atoms with E-state index in [1.165, 1.54) is 6.08 Å². The van der Waals surface area contributed by atoms with Crippen molar-refractivity contribution in [2.24, 2.45) is 0 Å². The Bertz CT molecular complexity index is 947. The van der Waals surface area contributed by atoms with Gasteiger partial charge in [-0.3, -0.25) is 4.79 Å². The highest BCUT2D eigenvalue weighted by molar-refractivity contribution is 5.91. The Morgan fingerprint density at radius 3 is 2.48 bits per heavy atom. The molecule has 0 spiro atoms. The summed E-state index contributed by atoms with van der Waals surface area (Å²) in [6.45, 7) is 0. The number of nitrogens with zero attached hydrogens (tertiary/aromatic N) is 2. The van der Waals surface area contributed by atoms with Crippen molar-refractivity contribution >= 4 is 23.6 Å². The fourth-order valence-electron chi connectivity index (χ4n) is 2.34. The van der Waals surface area contributed by atoms with Crippen molar-refractivity contribution in [1.29, 1.82) is 0 Å². The molecule has 0 aliphatic carbocycles. The summed E-state index contributed by atoms with van der Waals surface area (Å²) in [6.07, 6.45) is 3.08. The van der Waals surface area contributed by atoms with Crippen molar-refractivity contribution in [3.05, 3.63) is 72.1 Å². The second-order valence-electron chi connectivity index (χ2n) is 5.71. The van der Waals surface area contributed by atoms with Crippen LogP contribution in [0, 0.1) is 0 Å². The third-order valence-electron chi connectivity index (χ3n) is 3.67. The Morgan fingerprint density at radius 1 is 1.04 bits per heavy atom. The number of aliphatic carboxylic acids is 1. The van der Waals surface area contributed by atoms with E-state index in [0.29, 0.717) is 23.9 Å². The van der Waals surface area contributed by atoms with Crippen LogP contribution in [0.1, 0.15) is 17.9 Å². The number of rotatable bonds is 7. The van der Waals surface area contributed by atoms with Crippen molar-refractivity contribution in [2.75, 3.05) is 5.32 Å². The second kappa shape index (κ2) is 8.57. The summed E-state index contributed by atoms with van der Waals surface area (Å²) in [5, 5.41) is 19.3. The molecule has 0 atom stereocenters. The zero-order chi connectivity index (χ0) is 19.1. The predicted octanol–water partition coefficient (Wildman–Crippen LogP) is 3.41. The van der Waals surface area contributed by atoms with Crippen LogP contribution in [0.4, 0.5) is 5.69 Å². The highest BCUT2D eigenvalue weighted by atomic mass is 16.4. The molecule has 0 aliphatic rings. The molecule has 0 fully saturated rings. The lowest BCUT2D eigenvalue weighted by Gasteiger charge is -2.04. The molecule has 136 valence electrons. The first-order chi connectivity index (χ1) is 13.1. The second-order valence-corrected chi connectivity index (χ2v) is 5.71. The molecule has 0 radical (unpaired) electrons. The molecular weight excluding hydrogens is 346 g/mol. The number of benzene rings is 2. The summed E-state index contributed by atoms with van der Waals surface area (Å²) < 4.78 is 5.57. The minimum absolute atomic E-state index is 0.178. The van der Waals surface area contributed by atoms with Crippen molar-refractivity contribution < 1.29 is 19.1 Å². The number of carboxylic acid groups (broad SMARTS) is 1. The number of nitrogens with one attached hydrogen (secondary N) is 1. The fourth-order valence-corrected chi connectivity index (χ4v) is 2.34. The van der Waals surface area contributed by atoms with Gasteiger partial charge in [-0.15, -0.1) is 10.2 Å². The van der Waals surface area contributed by atoms with E-state index in [2.05, 4.69) is 15.5 Å². The maximum absolute atomic E-state index is 12.1. The molecule has 0 saturated heterocycles. The standard InChI is InChI=1S/C20H17N3O4/c24-17(21-16-9-6-14(7-10-16)8-13-19(25)26)11-12-18-22-23-20(27-18)15-4-2-1-3-5-15/h1-10,13H,11-12H2,(H,21,24)(H,25,26)/b13-8+. The summed E-state index contributed by atoms with van der Waals surface area (Å²) in [5.41, 5.74) is 2.19. The van der Waals surface area contributed by atoms with E-state index in [1.807, 2.05) is 30.3 Å². The van der Waals surface area contributed by atoms with Gasteiger partial charge in [0.15, 0.2) is 0 Å². The minimum atomic E-state index is -1.01. The monoisotopic (exact) mass is 363 g/mol. The van der Waals surface area contributed by atoms with Gasteiger partial charge in [0.2, 0.25) is 17.7 Å². The van der Waals surface area contributed by atoms with Crippen molar-refractivity contribution in [1.82, 2.24) is 10.2 Å². The van der Waals surface area contributed by atoms with Crippen LogP contribution in [-0.2, 0) is 16.0 Å². The van der Waals surface area contributed by atoms with Crippen LogP contribution in [0.2, 0.25) is 0 Å². The van der Waals surface area contributed by atoms with Gasteiger partial charge in [-0.1, -0.05) is 30.3 Å². The first-order valence-electron chi connectivity index (χ1n) is 8.29. The minimum Gasteiger partial charge on any atom is -0.478 e. The highest BCUT2D eigenvalue weighted by Gasteiger charge is 2.10. The van der Waals surface area contributed by atoms with Crippen LogP contribution in [0.3, 0.4) is 0 Å². The number of carbonyl (C=O) groups excluding carboxylic acids is 1. The largest absolute Gasteiger partial charge is 0.478 e.